The third-order valence-electron chi connectivity index (χ3n) is 3.88. The predicted molar refractivity (Wildman–Crippen MR) is 94.8 cm³/mol. The Morgan fingerprint density at radius 3 is 3.00 bits per heavy atom. The molecule has 0 spiro atoms. The Kier molecular flexibility index (Phi) is 5.50. The number of thiophene rings is 1. The summed E-state index contributed by atoms with van der Waals surface area (Å²) >= 11 is 7.56. The molecule has 7 heteroatoms. The van der Waals surface area contributed by atoms with Crippen LogP contribution < -0.4 is 0 Å². The van der Waals surface area contributed by atoms with Crippen LogP contribution in [0.2, 0.25) is 5.02 Å². The number of hydrogen-bond acceptors (Lipinski definition) is 4. The zero-order chi connectivity index (χ0) is 17.8. The van der Waals surface area contributed by atoms with Crippen molar-refractivity contribution in [2.45, 2.75) is 13.0 Å². The maximum Gasteiger partial charge on any atom is 0.331 e. The highest BCUT2D eigenvalue weighted by atomic mass is 35.5. The molecule has 2 aromatic rings. The molecule has 130 valence electrons. The first-order valence-electron chi connectivity index (χ1n) is 7.66. The van der Waals surface area contributed by atoms with Crippen molar-refractivity contribution in [3.63, 3.8) is 0 Å². The van der Waals surface area contributed by atoms with Crippen molar-refractivity contribution in [3.05, 3.63) is 62.6 Å². The van der Waals surface area contributed by atoms with E-state index in [0.717, 1.165) is 18.1 Å². The maximum absolute atomic E-state index is 13.6. The molecule has 1 aromatic carbocycles. The molecule has 1 aliphatic rings. The van der Waals surface area contributed by atoms with E-state index in [2.05, 4.69) is 0 Å². The molecule has 0 bridgehead atoms. The molecule has 0 fully saturated rings. The molecule has 0 atom stereocenters. The predicted octanol–water partition coefficient (Wildman–Crippen LogP) is 3.68. The van der Waals surface area contributed by atoms with Crippen molar-refractivity contribution in [3.8, 4) is 0 Å². The first-order valence-corrected chi connectivity index (χ1v) is 8.92. The molecule has 1 aliphatic heterocycles. The SMILES string of the molecule is O=C(/C=C/c1c(F)cccc1Cl)OCC(=O)N1CCc2sccc2C1. The quantitative estimate of drug-likeness (QED) is 0.601. The summed E-state index contributed by atoms with van der Waals surface area (Å²) in [6.07, 6.45) is 3.12. The lowest BCUT2D eigenvalue weighted by atomic mass is 10.1. The number of rotatable bonds is 4. The van der Waals surface area contributed by atoms with Crippen LogP contribution in [0, 0.1) is 5.82 Å². The molecule has 2 heterocycles. The van der Waals surface area contributed by atoms with Gasteiger partial charge in [0.05, 0.1) is 5.02 Å². The highest BCUT2D eigenvalue weighted by Gasteiger charge is 2.22. The van der Waals surface area contributed by atoms with Gasteiger partial charge in [-0.15, -0.1) is 11.3 Å². The van der Waals surface area contributed by atoms with Crippen LogP contribution in [0.15, 0.2) is 35.7 Å². The molecular weight excluding hydrogens is 365 g/mol. The monoisotopic (exact) mass is 379 g/mol. The van der Waals surface area contributed by atoms with Gasteiger partial charge in [-0.2, -0.15) is 0 Å². The van der Waals surface area contributed by atoms with E-state index in [9.17, 15) is 14.0 Å². The summed E-state index contributed by atoms with van der Waals surface area (Å²) in [5.41, 5.74) is 1.25. The number of carbonyl (C=O) groups is 2. The zero-order valence-electron chi connectivity index (χ0n) is 13.2. The number of nitrogens with zero attached hydrogens (tertiary/aromatic N) is 1. The van der Waals surface area contributed by atoms with E-state index in [4.69, 9.17) is 16.3 Å². The Labute approximate surface area is 153 Å². The van der Waals surface area contributed by atoms with E-state index in [-0.39, 0.29) is 23.1 Å². The largest absolute Gasteiger partial charge is 0.452 e. The van der Waals surface area contributed by atoms with Crippen LogP contribution in [-0.2, 0) is 27.3 Å². The number of ether oxygens (including phenoxy) is 1. The minimum absolute atomic E-state index is 0.105. The van der Waals surface area contributed by atoms with Gasteiger partial charge in [0, 0.05) is 29.6 Å². The lowest BCUT2D eigenvalue weighted by Gasteiger charge is -2.26. The Morgan fingerprint density at radius 2 is 2.20 bits per heavy atom. The van der Waals surface area contributed by atoms with Gasteiger partial charge in [-0.3, -0.25) is 4.79 Å². The Hall–Kier alpha value is -2.18. The van der Waals surface area contributed by atoms with E-state index in [1.54, 1.807) is 16.2 Å². The van der Waals surface area contributed by atoms with E-state index >= 15 is 0 Å². The van der Waals surface area contributed by atoms with Crippen molar-refractivity contribution in [2.24, 2.45) is 0 Å². The number of esters is 1. The molecule has 1 amide bonds. The van der Waals surface area contributed by atoms with E-state index in [1.807, 2.05) is 11.4 Å². The van der Waals surface area contributed by atoms with Crippen LogP contribution in [-0.4, -0.2) is 29.9 Å². The molecule has 0 saturated heterocycles. The number of hydrogen-bond donors (Lipinski definition) is 0. The molecule has 0 saturated carbocycles. The number of fused-ring (bicyclic) bond motifs is 1. The first-order chi connectivity index (χ1) is 12.0. The third kappa shape index (κ3) is 4.27. The highest BCUT2D eigenvalue weighted by Crippen LogP contribution is 2.24. The first kappa shape index (κ1) is 17.6. The van der Waals surface area contributed by atoms with Crippen LogP contribution in [0.5, 0.6) is 0 Å². The number of carbonyl (C=O) groups excluding carboxylic acids is 2. The molecule has 0 unspecified atom stereocenters. The van der Waals surface area contributed by atoms with Gasteiger partial charge in [0.2, 0.25) is 0 Å². The number of halogens is 2. The van der Waals surface area contributed by atoms with Gasteiger partial charge in [0.1, 0.15) is 5.82 Å². The Bertz CT molecular complexity index is 813. The Balaban J connectivity index is 1.52. The second kappa shape index (κ2) is 7.80. The van der Waals surface area contributed by atoms with Crippen LogP contribution in [0.4, 0.5) is 4.39 Å². The molecular formula is C18H15ClFNO3S. The number of amides is 1. The fourth-order valence-electron chi connectivity index (χ4n) is 2.55. The van der Waals surface area contributed by atoms with Crippen LogP contribution in [0.1, 0.15) is 16.0 Å². The molecule has 0 aliphatic carbocycles. The average Bonchev–Trinajstić information content (AvgIpc) is 3.07. The summed E-state index contributed by atoms with van der Waals surface area (Å²) in [6, 6.07) is 6.25. The van der Waals surface area contributed by atoms with Crippen molar-refractivity contribution < 1.29 is 18.7 Å². The lowest BCUT2D eigenvalue weighted by Crippen LogP contribution is -2.38. The standard InChI is InChI=1S/C18H15ClFNO3S/c19-14-2-1-3-15(20)13(14)4-5-18(23)24-11-17(22)21-8-6-16-12(10-21)7-9-25-16/h1-5,7,9H,6,8,10-11H2/b5-4+. The van der Waals surface area contributed by atoms with Gasteiger partial charge < -0.3 is 9.64 Å². The minimum Gasteiger partial charge on any atom is -0.452 e. The van der Waals surface area contributed by atoms with Crippen molar-refractivity contribution >= 4 is 40.9 Å². The van der Waals surface area contributed by atoms with Crippen molar-refractivity contribution in [1.82, 2.24) is 4.90 Å². The van der Waals surface area contributed by atoms with Crippen LogP contribution >= 0.6 is 22.9 Å². The summed E-state index contributed by atoms with van der Waals surface area (Å²) in [5.74, 6) is -1.50. The van der Waals surface area contributed by atoms with Crippen molar-refractivity contribution in [1.29, 1.82) is 0 Å². The van der Waals surface area contributed by atoms with E-state index in [1.165, 1.54) is 29.2 Å². The van der Waals surface area contributed by atoms with Crippen molar-refractivity contribution in [2.75, 3.05) is 13.2 Å². The van der Waals surface area contributed by atoms with E-state index in [0.29, 0.717) is 13.1 Å². The van der Waals surface area contributed by atoms with Gasteiger partial charge in [0.25, 0.3) is 5.91 Å². The number of benzene rings is 1. The topological polar surface area (TPSA) is 46.6 Å². The molecule has 0 N–H and O–H groups in total. The summed E-state index contributed by atoms with van der Waals surface area (Å²) in [4.78, 5) is 26.9. The van der Waals surface area contributed by atoms with Gasteiger partial charge in [0.15, 0.2) is 6.61 Å². The van der Waals surface area contributed by atoms with Crippen LogP contribution in [0.3, 0.4) is 0 Å². The summed E-state index contributed by atoms with van der Waals surface area (Å²) in [6.45, 7) is 0.814. The molecule has 0 radical (unpaired) electrons. The van der Waals surface area contributed by atoms with Gasteiger partial charge in [-0.25, -0.2) is 9.18 Å². The lowest BCUT2D eigenvalue weighted by molar-refractivity contribution is -0.148. The fraction of sp³-hybridized carbons (Fsp3) is 0.222. The molecule has 1 aromatic heterocycles. The van der Waals surface area contributed by atoms with E-state index < -0.39 is 11.8 Å². The second-order valence-electron chi connectivity index (χ2n) is 5.51. The van der Waals surface area contributed by atoms with Gasteiger partial charge in [-0.05, 0) is 41.6 Å². The minimum atomic E-state index is -0.721. The third-order valence-corrected chi connectivity index (χ3v) is 5.24. The normalized spacial score (nSPS) is 13.8. The molecule has 25 heavy (non-hydrogen) atoms. The summed E-state index contributed by atoms with van der Waals surface area (Å²) in [5, 5.41) is 2.21. The highest BCUT2D eigenvalue weighted by molar-refractivity contribution is 7.10. The second-order valence-corrected chi connectivity index (χ2v) is 6.92. The molecule has 3 rings (SSSR count). The molecule has 4 nitrogen and oxygen atoms in total. The van der Waals surface area contributed by atoms with Gasteiger partial charge >= 0.3 is 5.97 Å². The van der Waals surface area contributed by atoms with Gasteiger partial charge in [-0.1, -0.05) is 17.7 Å². The zero-order valence-corrected chi connectivity index (χ0v) is 14.8. The fourth-order valence-corrected chi connectivity index (χ4v) is 3.67. The summed E-state index contributed by atoms with van der Waals surface area (Å²) in [7, 11) is 0. The average molecular weight is 380 g/mol. The van der Waals surface area contributed by atoms with Crippen LogP contribution in [0.25, 0.3) is 6.08 Å². The maximum atomic E-state index is 13.6. The summed E-state index contributed by atoms with van der Waals surface area (Å²) < 4.78 is 18.6. The smallest absolute Gasteiger partial charge is 0.331 e. The Morgan fingerprint density at radius 1 is 1.36 bits per heavy atom.